The van der Waals surface area contributed by atoms with E-state index in [1.165, 1.54) is 0 Å². The van der Waals surface area contributed by atoms with Crippen molar-refractivity contribution in [3.05, 3.63) is 24.3 Å². The number of alkyl halides is 6. The van der Waals surface area contributed by atoms with Crippen LogP contribution in [0.4, 0.5) is 32.0 Å². The van der Waals surface area contributed by atoms with Crippen LogP contribution in [-0.4, -0.2) is 25.6 Å². The highest BCUT2D eigenvalue weighted by atomic mass is 32.2. The monoisotopic (exact) mass is 333 g/mol. The van der Waals surface area contributed by atoms with Gasteiger partial charge in [-0.15, -0.1) is 0 Å². The van der Waals surface area contributed by atoms with Gasteiger partial charge < -0.3 is 5.32 Å². The summed E-state index contributed by atoms with van der Waals surface area (Å²) in [5.74, 6) is 0. The van der Waals surface area contributed by atoms with Crippen molar-refractivity contribution >= 4 is 15.5 Å². The van der Waals surface area contributed by atoms with Crippen LogP contribution in [0.25, 0.3) is 0 Å². The normalized spacial score (nSPS) is 18.4. The van der Waals surface area contributed by atoms with Gasteiger partial charge in [0.2, 0.25) is 0 Å². The zero-order valence-corrected chi connectivity index (χ0v) is 11.0. The Bertz CT molecular complexity index is 645. The molecule has 2 rings (SSSR count). The molecule has 0 aromatic heterocycles. The number of anilines is 1. The van der Waals surface area contributed by atoms with Crippen molar-refractivity contribution in [2.24, 2.45) is 0 Å². The number of nitrogens with one attached hydrogen (secondary N) is 1. The third-order valence-corrected chi connectivity index (χ3v) is 4.69. The van der Waals surface area contributed by atoms with E-state index in [9.17, 15) is 34.8 Å². The lowest BCUT2D eigenvalue weighted by Crippen LogP contribution is -2.39. The second kappa shape index (κ2) is 4.52. The Morgan fingerprint density at radius 2 is 1.52 bits per heavy atom. The second-order valence-electron chi connectivity index (χ2n) is 4.65. The van der Waals surface area contributed by atoms with E-state index < -0.39 is 37.6 Å². The SMILES string of the molecule is O=S(=O)(c1ccccc1NC1(C(F)(F)F)CC1)C(F)(F)F. The van der Waals surface area contributed by atoms with Crippen LogP contribution in [0.1, 0.15) is 12.8 Å². The number of hydrogen-bond donors (Lipinski definition) is 1. The maximum absolute atomic E-state index is 12.8. The van der Waals surface area contributed by atoms with Crippen molar-refractivity contribution < 1.29 is 34.8 Å². The van der Waals surface area contributed by atoms with E-state index >= 15 is 0 Å². The molecule has 1 saturated carbocycles. The fourth-order valence-corrected chi connectivity index (χ4v) is 2.71. The first-order valence-electron chi connectivity index (χ1n) is 5.66. The molecule has 1 fully saturated rings. The first-order chi connectivity index (χ1) is 9.41. The molecule has 0 bridgehead atoms. The zero-order chi connectivity index (χ0) is 16.1. The van der Waals surface area contributed by atoms with Crippen molar-refractivity contribution in [2.45, 2.75) is 35.0 Å². The third-order valence-electron chi connectivity index (χ3n) is 3.15. The summed E-state index contributed by atoms with van der Waals surface area (Å²) in [4.78, 5) is -1.21. The Balaban J connectivity index is 2.45. The van der Waals surface area contributed by atoms with Gasteiger partial charge in [0, 0.05) is 0 Å². The van der Waals surface area contributed by atoms with E-state index in [-0.39, 0.29) is 12.8 Å². The van der Waals surface area contributed by atoms with Gasteiger partial charge in [-0.2, -0.15) is 26.3 Å². The van der Waals surface area contributed by atoms with Crippen LogP contribution in [0.5, 0.6) is 0 Å². The van der Waals surface area contributed by atoms with Gasteiger partial charge in [-0.05, 0) is 25.0 Å². The highest BCUT2D eigenvalue weighted by Crippen LogP contribution is 2.52. The molecule has 0 heterocycles. The second-order valence-corrected chi connectivity index (χ2v) is 6.56. The fraction of sp³-hybridized carbons (Fsp3) is 0.455. The summed E-state index contributed by atoms with van der Waals surface area (Å²) >= 11 is 0. The Labute approximate surface area is 115 Å². The lowest BCUT2D eigenvalue weighted by Gasteiger charge is -2.23. The first kappa shape index (κ1) is 15.9. The molecule has 0 atom stereocenters. The first-order valence-corrected chi connectivity index (χ1v) is 7.14. The fourth-order valence-electron chi connectivity index (χ4n) is 1.79. The van der Waals surface area contributed by atoms with E-state index in [1.54, 1.807) is 0 Å². The molecule has 1 aromatic rings. The molecule has 0 unspecified atom stereocenters. The molecule has 0 aliphatic heterocycles. The maximum atomic E-state index is 12.8. The summed E-state index contributed by atoms with van der Waals surface area (Å²) in [5.41, 5.74) is -8.64. The maximum Gasteiger partial charge on any atom is 0.501 e. The van der Waals surface area contributed by atoms with Crippen molar-refractivity contribution in [1.82, 2.24) is 0 Å². The molecule has 3 nitrogen and oxygen atoms in total. The summed E-state index contributed by atoms with van der Waals surface area (Å²) in [6.07, 6.45) is -5.32. The summed E-state index contributed by atoms with van der Waals surface area (Å²) < 4.78 is 98.8. The number of sulfone groups is 1. The number of halogens is 6. The lowest BCUT2D eigenvalue weighted by atomic mass is 10.2. The van der Waals surface area contributed by atoms with Crippen LogP contribution in [0.2, 0.25) is 0 Å². The molecule has 0 amide bonds. The van der Waals surface area contributed by atoms with E-state index in [1.807, 2.05) is 5.32 Å². The van der Waals surface area contributed by atoms with Crippen LogP contribution in [0.3, 0.4) is 0 Å². The molecule has 0 saturated heterocycles. The minimum Gasteiger partial charge on any atom is -0.370 e. The van der Waals surface area contributed by atoms with Gasteiger partial charge in [-0.1, -0.05) is 12.1 Å². The Morgan fingerprint density at radius 1 is 1.00 bits per heavy atom. The molecule has 1 aliphatic carbocycles. The van der Waals surface area contributed by atoms with E-state index in [0.717, 1.165) is 18.2 Å². The van der Waals surface area contributed by atoms with Crippen LogP contribution in [0, 0.1) is 0 Å². The number of rotatable bonds is 3. The standard InChI is InChI=1S/C11H9F6NO2S/c12-10(13,14)9(5-6-9)18-7-3-1-2-4-8(7)21(19,20)11(15,16)17/h1-4,18H,5-6H2. The number of benzene rings is 1. The van der Waals surface area contributed by atoms with Crippen LogP contribution >= 0.6 is 0 Å². The smallest absolute Gasteiger partial charge is 0.370 e. The molecule has 21 heavy (non-hydrogen) atoms. The highest BCUT2D eigenvalue weighted by molar-refractivity contribution is 7.92. The predicted octanol–water partition coefficient (Wildman–Crippen LogP) is 3.49. The quantitative estimate of drug-likeness (QED) is 0.862. The van der Waals surface area contributed by atoms with Crippen molar-refractivity contribution in [2.75, 3.05) is 5.32 Å². The van der Waals surface area contributed by atoms with Crippen LogP contribution in [0.15, 0.2) is 29.2 Å². The van der Waals surface area contributed by atoms with Crippen LogP contribution < -0.4 is 5.32 Å². The lowest BCUT2D eigenvalue weighted by molar-refractivity contribution is -0.151. The van der Waals surface area contributed by atoms with Gasteiger partial charge in [0.25, 0.3) is 9.84 Å². The minimum atomic E-state index is -5.73. The van der Waals surface area contributed by atoms with Crippen molar-refractivity contribution in [3.8, 4) is 0 Å². The average molecular weight is 333 g/mol. The van der Waals surface area contributed by atoms with Gasteiger partial charge in [-0.25, -0.2) is 8.42 Å². The van der Waals surface area contributed by atoms with Gasteiger partial charge >= 0.3 is 11.7 Å². The number of para-hydroxylation sites is 1. The molecule has 118 valence electrons. The summed E-state index contributed by atoms with van der Waals surface area (Å²) in [6.45, 7) is 0. The average Bonchev–Trinajstić information content (AvgIpc) is 3.08. The van der Waals surface area contributed by atoms with Crippen molar-refractivity contribution in [1.29, 1.82) is 0 Å². The summed E-state index contributed by atoms with van der Waals surface area (Å²) in [7, 11) is -5.73. The zero-order valence-electron chi connectivity index (χ0n) is 10.2. The molecule has 1 aromatic carbocycles. The summed E-state index contributed by atoms with van der Waals surface area (Å²) in [5, 5.41) is 1.91. The van der Waals surface area contributed by atoms with Gasteiger partial charge in [0.15, 0.2) is 0 Å². The predicted molar refractivity (Wildman–Crippen MR) is 61.3 cm³/mol. The molecule has 0 radical (unpaired) electrons. The molecular weight excluding hydrogens is 324 g/mol. The molecule has 1 aliphatic rings. The van der Waals surface area contributed by atoms with Crippen LogP contribution in [-0.2, 0) is 9.84 Å². The minimum absolute atomic E-state index is 0.323. The molecular formula is C11H9F6NO2S. The topological polar surface area (TPSA) is 46.2 Å². The van der Waals surface area contributed by atoms with Gasteiger partial charge in [0.1, 0.15) is 5.54 Å². The highest BCUT2D eigenvalue weighted by Gasteiger charge is 2.64. The van der Waals surface area contributed by atoms with E-state index in [4.69, 9.17) is 0 Å². The van der Waals surface area contributed by atoms with Gasteiger partial charge in [0.05, 0.1) is 10.6 Å². The van der Waals surface area contributed by atoms with Crippen molar-refractivity contribution in [3.63, 3.8) is 0 Å². The Morgan fingerprint density at radius 3 is 1.95 bits per heavy atom. The molecule has 0 spiro atoms. The Hall–Kier alpha value is -1.45. The van der Waals surface area contributed by atoms with E-state index in [0.29, 0.717) is 6.07 Å². The molecule has 1 N–H and O–H groups in total. The largest absolute Gasteiger partial charge is 0.501 e. The summed E-state index contributed by atoms with van der Waals surface area (Å²) in [6, 6.07) is 3.67. The third kappa shape index (κ3) is 2.68. The van der Waals surface area contributed by atoms with Gasteiger partial charge in [-0.3, -0.25) is 0 Å². The van der Waals surface area contributed by atoms with E-state index in [2.05, 4.69) is 0 Å². The molecule has 10 heteroatoms. The Kier molecular flexibility index (Phi) is 3.43. The number of hydrogen-bond acceptors (Lipinski definition) is 3.